The Labute approximate surface area is 153 Å². The highest BCUT2D eigenvalue weighted by Gasteiger charge is 2.35. The van der Waals surface area contributed by atoms with E-state index in [4.69, 9.17) is 10.5 Å². The van der Waals surface area contributed by atoms with Crippen molar-refractivity contribution in [3.63, 3.8) is 0 Å². The van der Waals surface area contributed by atoms with E-state index in [9.17, 15) is 5.11 Å². The molecule has 1 saturated carbocycles. The molecule has 0 bridgehead atoms. The first-order valence-corrected chi connectivity index (χ1v) is 9.29. The van der Waals surface area contributed by atoms with Gasteiger partial charge in [0.2, 0.25) is 0 Å². The Balaban J connectivity index is 0.00000288. The molecule has 3 N–H and O–H groups in total. The summed E-state index contributed by atoms with van der Waals surface area (Å²) in [4.78, 5) is 0. The number of halogens is 1. The monoisotopic (exact) mass is 355 g/mol. The van der Waals surface area contributed by atoms with Crippen molar-refractivity contribution in [3.8, 4) is 5.75 Å². The van der Waals surface area contributed by atoms with Gasteiger partial charge in [-0.2, -0.15) is 0 Å². The molecule has 0 amide bonds. The maximum atomic E-state index is 9.38. The second-order valence-corrected chi connectivity index (χ2v) is 7.15. The fourth-order valence-electron chi connectivity index (χ4n) is 3.49. The molecular formula is C20H34ClNO2. The number of unbranched alkanes of at least 4 members (excludes halogenated alkanes) is 5. The normalized spacial score (nSPS) is 23.0. The van der Waals surface area contributed by atoms with Crippen LogP contribution in [0.2, 0.25) is 0 Å². The van der Waals surface area contributed by atoms with Crippen LogP contribution in [0.4, 0.5) is 0 Å². The van der Waals surface area contributed by atoms with Crippen molar-refractivity contribution in [2.45, 2.75) is 76.2 Å². The van der Waals surface area contributed by atoms with E-state index in [-0.39, 0.29) is 24.6 Å². The first-order chi connectivity index (χ1) is 11.2. The van der Waals surface area contributed by atoms with E-state index in [0.29, 0.717) is 5.92 Å². The van der Waals surface area contributed by atoms with Gasteiger partial charge < -0.3 is 15.6 Å². The Morgan fingerprint density at radius 3 is 2.42 bits per heavy atom. The lowest BCUT2D eigenvalue weighted by atomic mass is 9.94. The van der Waals surface area contributed by atoms with Crippen LogP contribution in [0.5, 0.6) is 5.75 Å². The van der Waals surface area contributed by atoms with E-state index in [1.54, 1.807) is 0 Å². The van der Waals surface area contributed by atoms with Gasteiger partial charge in [-0.15, -0.1) is 12.4 Å². The maximum Gasteiger partial charge on any atom is 0.119 e. The molecule has 1 aromatic carbocycles. The highest BCUT2D eigenvalue weighted by Crippen LogP contribution is 2.39. The number of hydrogen-bond acceptors (Lipinski definition) is 3. The molecule has 1 aliphatic rings. The molecular weight excluding hydrogens is 322 g/mol. The number of benzene rings is 1. The van der Waals surface area contributed by atoms with Crippen LogP contribution in [0.3, 0.4) is 0 Å². The lowest BCUT2D eigenvalue weighted by Gasteiger charge is -2.21. The van der Waals surface area contributed by atoms with Gasteiger partial charge in [-0.05, 0) is 49.3 Å². The topological polar surface area (TPSA) is 55.5 Å². The minimum Gasteiger partial charge on any atom is -0.494 e. The highest BCUT2D eigenvalue weighted by molar-refractivity contribution is 5.85. The van der Waals surface area contributed by atoms with E-state index in [1.165, 1.54) is 37.7 Å². The molecule has 0 aliphatic heterocycles. The standard InChI is InChI=1S/C20H33NO2.ClH/c1-2-3-4-5-6-7-14-23-19-10-8-17(9-11-19)18-12-13-20(21,15-18)16-22;/h8-11,18,22H,2-7,12-16,21H2,1H3;1H/t18-,20-;/m1./s1. The zero-order chi connectivity index (χ0) is 16.5. The second-order valence-electron chi connectivity index (χ2n) is 7.15. The molecule has 138 valence electrons. The first-order valence-electron chi connectivity index (χ1n) is 9.29. The number of aliphatic hydroxyl groups excluding tert-OH is 1. The van der Waals surface area contributed by atoms with Crippen LogP contribution in [0, 0.1) is 0 Å². The predicted molar refractivity (Wildman–Crippen MR) is 103 cm³/mol. The Morgan fingerprint density at radius 2 is 1.79 bits per heavy atom. The average molecular weight is 356 g/mol. The van der Waals surface area contributed by atoms with Crippen molar-refractivity contribution < 1.29 is 9.84 Å². The number of ether oxygens (including phenoxy) is 1. The summed E-state index contributed by atoms with van der Waals surface area (Å²) in [6, 6.07) is 8.46. The van der Waals surface area contributed by atoms with Crippen LogP contribution < -0.4 is 10.5 Å². The van der Waals surface area contributed by atoms with E-state index in [0.717, 1.165) is 38.0 Å². The molecule has 0 radical (unpaired) electrons. The Bertz CT molecular complexity index is 451. The Hall–Kier alpha value is -0.770. The van der Waals surface area contributed by atoms with Crippen molar-refractivity contribution >= 4 is 12.4 Å². The third-order valence-electron chi connectivity index (χ3n) is 5.08. The molecule has 3 nitrogen and oxygen atoms in total. The summed E-state index contributed by atoms with van der Waals surface area (Å²) < 4.78 is 5.83. The van der Waals surface area contributed by atoms with Gasteiger partial charge >= 0.3 is 0 Å². The molecule has 4 heteroatoms. The van der Waals surface area contributed by atoms with Gasteiger partial charge in [0.05, 0.1) is 13.2 Å². The van der Waals surface area contributed by atoms with E-state index >= 15 is 0 Å². The van der Waals surface area contributed by atoms with Gasteiger partial charge in [-0.3, -0.25) is 0 Å². The van der Waals surface area contributed by atoms with Gasteiger partial charge in [0.15, 0.2) is 0 Å². The first kappa shape index (κ1) is 21.3. The van der Waals surface area contributed by atoms with Gasteiger partial charge in [-0.25, -0.2) is 0 Å². The summed E-state index contributed by atoms with van der Waals surface area (Å²) in [5, 5.41) is 9.38. The predicted octanol–water partition coefficient (Wildman–Crippen LogP) is 4.81. The third-order valence-corrected chi connectivity index (χ3v) is 5.08. The summed E-state index contributed by atoms with van der Waals surface area (Å²) in [7, 11) is 0. The lowest BCUT2D eigenvalue weighted by Crippen LogP contribution is -2.40. The zero-order valence-electron chi connectivity index (χ0n) is 15.0. The number of aliphatic hydroxyl groups is 1. The molecule has 2 atom stereocenters. The van der Waals surface area contributed by atoms with Crippen LogP contribution in [0.25, 0.3) is 0 Å². The molecule has 0 unspecified atom stereocenters. The minimum absolute atomic E-state index is 0. The van der Waals surface area contributed by atoms with E-state index in [2.05, 4.69) is 31.2 Å². The summed E-state index contributed by atoms with van der Waals surface area (Å²) in [6.07, 6.45) is 10.6. The van der Waals surface area contributed by atoms with Crippen LogP contribution in [-0.2, 0) is 0 Å². The summed E-state index contributed by atoms with van der Waals surface area (Å²) >= 11 is 0. The number of hydrogen-bond donors (Lipinski definition) is 2. The van der Waals surface area contributed by atoms with Crippen LogP contribution in [0.1, 0.15) is 76.2 Å². The van der Waals surface area contributed by atoms with Gasteiger partial charge in [0.25, 0.3) is 0 Å². The summed E-state index contributed by atoms with van der Waals surface area (Å²) in [5.41, 5.74) is 7.11. The van der Waals surface area contributed by atoms with Crippen molar-refractivity contribution in [2.75, 3.05) is 13.2 Å². The smallest absolute Gasteiger partial charge is 0.119 e. The molecule has 0 aromatic heterocycles. The molecule has 1 fully saturated rings. The molecule has 0 saturated heterocycles. The Morgan fingerprint density at radius 1 is 1.12 bits per heavy atom. The zero-order valence-corrected chi connectivity index (χ0v) is 15.8. The molecule has 0 heterocycles. The van der Waals surface area contributed by atoms with Crippen LogP contribution in [-0.4, -0.2) is 23.9 Å². The van der Waals surface area contributed by atoms with Crippen molar-refractivity contribution in [1.29, 1.82) is 0 Å². The van der Waals surface area contributed by atoms with Crippen molar-refractivity contribution in [2.24, 2.45) is 5.73 Å². The molecule has 1 aliphatic carbocycles. The molecule has 1 aromatic rings. The van der Waals surface area contributed by atoms with Gasteiger partial charge in [0.1, 0.15) is 5.75 Å². The van der Waals surface area contributed by atoms with Crippen molar-refractivity contribution in [3.05, 3.63) is 29.8 Å². The summed E-state index contributed by atoms with van der Waals surface area (Å²) in [5.74, 6) is 1.43. The second kappa shape index (κ2) is 11.0. The van der Waals surface area contributed by atoms with E-state index in [1.807, 2.05) is 0 Å². The van der Waals surface area contributed by atoms with Crippen LogP contribution >= 0.6 is 12.4 Å². The van der Waals surface area contributed by atoms with Gasteiger partial charge in [0, 0.05) is 5.54 Å². The molecule has 24 heavy (non-hydrogen) atoms. The summed E-state index contributed by atoms with van der Waals surface area (Å²) in [6.45, 7) is 3.14. The largest absolute Gasteiger partial charge is 0.494 e. The minimum atomic E-state index is -0.377. The molecule has 2 rings (SSSR count). The maximum absolute atomic E-state index is 9.38. The third kappa shape index (κ3) is 6.62. The quantitative estimate of drug-likeness (QED) is 0.592. The fourth-order valence-corrected chi connectivity index (χ4v) is 3.49. The SMILES string of the molecule is CCCCCCCCOc1ccc([C@@H]2CC[C@](N)(CO)C2)cc1.Cl. The lowest BCUT2D eigenvalue weighted by molar-refractivity contribution is 0.198. The molecule has 0 spiro atoms. The van der Waals surface area contributed by atoms with E-state index < -0.39 is 0 Å². The Kier molecular flexibility index (Phi) is 9.72. The highest BCUT2D eigenvalue weighted by atomic mass is 35.5. The van der Waals surface area contributed by atoms with Crippen LogP contribution in [0.15, 0.2) is 24.3 Å². The number of nitrogens with two attached hydrogens (primary N) is 1. The number of rotatable bonds is 10. The van der Waals surface area contributed by atoms with Gasteiger partial charge in [-0.1, -0.05) is 51.2 Å². The fraction of sp³-hybridized carbons (Fsp3) is 0.700. The van der Waals surface area contributed by atoms with Crippen molar-refractivity contribution in [1.82, 2.24) is 0 Å². The average Bonchev–Trinajstić information content (AvgIpc) is 2.98.